The van der Waals surface area contributed by atoms with E-state index in [1.165, 1.54) is 11.3 Å². The van der Waals surface area contributed by atoms with E-state index < -0.39 is 0 Å². The van der Waals surface area contributed by atoms with E-state index in [0.717, 1.165) is 68.7 Å². The third-order valence-corrected chi connectivity index (χ3v) is 7.61. The van der Waals surface area contributed by atoms with Crippen LogP contribution < -0.4 is 4.90 Å². The zero-order valence-corrected chi connectivity index (χ0v) is 21.1. The van der Waals surface area contributed by atoms with Crippen LogP contribution in [0.4, 0.5) is 5.69 Å². The molecule has 186 valence electrons. The molecule has 5 rings (SSSR count). The number of nitrogens with zero attached hydrogens (tertiary/aromatic N) is 3. The minimum absolute atomic E-state index is 0.101. The molecule has 2 aliphatic rings. The Morgan fingerprint density at radius 3 is 2.19 bits per heavy atom. The number of anilines is 1. The minimum atomic E-state index is 0.101. The Bertz CT molecular complexity index is 1180. The maximum atomic E-state index is 13.3. The van der Waals surface area contributed by atoms with Crippen LogP contribution in [0.1, 0.15) is 57.5 Å². The fourth-order valence-corrected chi connectivity index (χ4v) is 5.41. The van der Waals surface area contributed by atoms with Crippen LogP contribution in [0.15, 0.2) is 78.9 Å². The summed E-state index contributed by atoms with van der Waals surface area (Å²) in [6.45, 7) is 6.73. The Morgan fingerprint density at radius 1 is 0.750 bits per heavy atom. The quantitative estimate of drug-likeness (QED) is 0.501. The monoisotopic (exact) mass is 481 g/mol. The lowest BCUT2D eigenvalue weighted by Gasteiger charge is -2.36. The minimum Gasteiger partial charge on any atom is -0.368 e. The first kappa shape index (κ1) is 24.1. The molecule has 0 aromatic heterocycles. The molecule has 5 nitrogen and oxygen atoms in total. The Hall–Kier alpha value is -3.60. The highest BCUT2D eigenvalue weighted by Crippen LogP contribution is 2.29. The SMILES string of the molecule is CCc1ccc(C(=O)N2CCCC(c3cccc(C(=O)N4CCN(c5ccccc5)CC4)c3)C2)cc1. The number of piperazine rings is 1. The van der Waals surface area contributed by atoms with Crippen LogP contribution in [0, 0.1) is 0 Å². The molecule has 5 heteroatoms. The van der Waals surface area contributed by atoms with Gasteiger partial charge >= 0.3 is 0 Å². The zero-order valence-electron chi connectivity index (χ0n) is 21.1. The normalized spacial score (nSPS) is 18.2. The van der Waals surface area contributed by atoms with Crippen LogP contribution in [0.3, 0.4) is 0 Å². The smallest absolute Gasteiger partial charge is 0.253 e. The Labute approximate surface area is 214 Å². The number of piperidine rings is 1. The number of para-hydroxylation sites is 1. The molecule has 1 atom stereocenters. The highest BCUT2D eigenvalue weighted by atomic mass is 16.2. The van der Waals surface area contributed by atoms with Crippen LogP contribution in [-0.4, -0.2) is 60.9 Å². The average Bonchev–Trinajstić information content (AvgIpc) is 2.97. The zero-order chi connectivity index (χ0) is 24.9. The number of hydrogen-bond acceptors (Lipinski definition) is 3. The van der Waals surface area contributed by atoms with Gasteiger partial charge in [0.05, 0.1) is 0 Å². The van der Waals surface area contributed by atoms with Crippen molar-refractivity contribution in [2.75, 3.05) is 44.2 Å². The number of carbonyl (C=O) groups excluding carboxylic acids is 2. The van der Waals surface area contributed by atoms with Gasteiger partial charge in [0.15, 0.2) is 0 Å². The third kappa shape index (κ3) is 5.30. The number of carbonyl (C=O) groups is 2. The van der Waals surface area contributed by atoms with Gasteiger partial charge in [0.1, 0.15) is 0 Å². The van der Waals surface area contributed by atoms with E-state index in [9.17, 15) is 9.59 Å². The number of amides is 2. The summed E-state index contributed by atoms with van der Waals surface area (Å²) >= 11 is 0. The Kier molecular flexibility index (Phi) is 7.36. The van der Waals surface area contributed by atoms with Gasteiger partial charge in [-0.2, -0.15) is 0 Å². The number of benzene rings is 3. The van der Waals surface area contributed by atoms with Crippen LogP contribution in [0.2, 0.25) is 0 Å². The fourth-order valence-electron chi connectivity index (χ4n) is 5.41. The van der Waals surface area contributed by atoms with Crippen molar-refractivity contribution in [2.45, 2.75) is 32.1 Å². The van der Waals surface area contributed by atoms with Crippen LogP contribution >= 0.6 is 0 Å². The lowest BCUT2D eigenvalue weighted by Crippen LogP contribution is -2.48. The first-order valence-electron chi connectivity index (χ1n) is 13.2. The Balaban J connectivity index is 1.23. The van der Waals surface area contributed by atoms with E-state index in [-0.39, 0.29) is 17.7 Å². The molecule has 0 bridgehead atoms. The van der Waals surface area contributed by atoms with Crippen LogP contribution in [0.25, 0.3) is 0 Å². The lowest BCUT2D eigenvalue weighted by atomic mass is 9.89. The summed E-state index contributed by atoms with van der Waals surface area (Å²) in [6, 6.07) is 26.5. The molecule has 2 saturated heterocycles. The predicted octanol–water partition coefficient (Wildman–Crippen LogP) is 5.23. The summed E-state index contributed by atoms with van der Waals surface area (Å²) in [7, 11) is 0. The van der Waals surface area contributed by atoms with Crippen molar-refractivity contribution < 1.29 is 9.59 Å². The summed E-state index contributed by atoms with van der Waals surface area (Å²) in [4.78, 5) is 32.8. The van der Waals surface area contributed by atoms with E-state index in [1.807, 2.05) is 52.3 Å². The molecule has 2 heterocycles. The highest BCUT2D eigenvalue weighted by Gasteiger charge is 2.27. The van der Waals surface area contributed by atoms with Gasteiger partial charge in [-0.1, -0.05) is 49.4 Å². The molecule has 0 radical (unpaired) electrons. The number of hydrogen-bond donors (Lipinski definition) is 0. The van der Waals surface area contributed by atoms with Gasteiger partial charge in [-0.3, -0.25) is 9.59 Å². The van der Waals surface area contributed by atoms with Gasteiger partial charge in [0, 0.05) is 62.0 Å². The molecular weight excluding hydrogens is 446 g/mol. The molecular formula is C31H35N3O2. The second kappa shape index (κ2) is 11.0. The summed E-state index contributed by atoms with van der Waals surface area (Å²) in [5.41, 5.74) is 5.11. The molecule has 1 unspecified atom stereocenters. The third-order valence-electron chi connectivity index (χ3n) is 7.61. The van der Waals surface area contributed by atoms with E-state index in [4.69, 9.17) is 0 Å². The molecule has 0 spiro atoms. The van der Waals surface area contributed by atoms with Crippen molar-refractivity contribution in [2.24, 2.45) is 0 Å². The fraction of sp³-hybridized carbons (Fsp3) is 0.355. The van der Waals surface area contributed by atoms with Crippen molar-refractivity contribution in [3.63, 3.8) is 0 Å². The molecule has 0 aliphatic carbocycles. The largest absolute Gasteiger partial charge is 0.368 e. The first-order valence-corrected chi connectivity index (χ1v) is 13.2. The van der Waals surface area contributed by atoms with Crippen molar-refractivity contribution in [1.82, 2.24) is 9.80 Å². The van der Waals surface area contributed by atoms with E-state index in [2.05, 4.69) is 48.2 Å². The molecule has 2 aliphatic heterocycles. The summed E-state index contributed by atoms with van der Waals surface area (Å²) < 4.78 is 0. The second-order valence-corrected chi connectivity index (χ2v) is 9.88. The molecule has 36 heavy (non-hydrogen) atoms. The summed E-state index contributed by atoms with van der Waals surface area (Å²) in [5.74, 6) is 0.454. The second-order valence-electron chi connectivity index (χ2n) is 9.88. The maximum Gasteiger partial charge on any atom is 0.253 e. The summed E-state index contributed by atoms with van der Waals surface area (Å²) in [5, 5.41) is 0. The van der Waals surface area contributed by atoms with Gasteiger partial charge < -0.3 is 14.7 Å². The van der Waals surface area contributed by atoms with Gasteiger partial charge in [0.25, 0.3) is 11.8 Å². The summed E-state index contributed by atoms with van der Waals surface area (Å²) in [6.07, 6.45) is 2.98. The molecule has 0 saturated carbocycles. The number of rotatable bonds is 5. The number of likely N-dealkylation sites (tertiary alicyclic amines) is 1. The van der Waals surface area contributed by atoms with Gasteiger partial charge in [0.2, 0.25) is 0 Å². The number of aryl methyl sites for hydroxylation is 1. The molecule has 2 amide bonds. The van der Waals surface area contributed by atoms with Gasteiger partial charge in [-0.15, -0.1) is 0 Å². The van der Waals surface area contributed by atoms with Crippen molar-refractivity contribution in [3.05, 3.63) is 101 Å². The maximum absolute atomic E-state index is 13.3. The molecule has 2 fully saturated rings. The van der Waals surface area contributed by atoms with Gasteiger partial charge in [-0.25, -0.2) is 0 Å². The molecule has 3 aromatic rings. The van der Waals surface area contributed by atoms with Crippen LogP contribution in [0.5, 0.6) is 0 Å². The lowest BCUT2D eigenvalue weighted by molar-refractivity contribution is 0.0704. The highest BCUT2D eigenvalue weighted by molar-refractivity contribution is 5.95. The standard InChI is InChI=1S/C31H35N3O2/c1-2-24-13-15-25(16-14-24)30(35)34-17-7-10-28(23-34)26-8-6-9-27(22-26)31(36)33-20-18-32(19-21-33)29-11-4-3-5-12-29/h3-6,8-9,11-16,22,28H,2,7,10,17-21,23H2,1H3. The van der Waals surface area contributed by atoms with Crippen molar-refractivity contribution >= 4 is 17.5 Å². The van der Waals surface area contributed by atoms with E-state index in [1.54, 1.807) is 0 Å². The van der Waals surface area contributed by atoms with Crippen molar-refractivity contribution in [1.29, 1.82) is 0 Å². The topological polar surface area (TPSA) is 43.9 Å². The van der Waals surface area contributed by atoms with E-state index in [0.29, 0.717) is 6.54 Å². The molecule has 0 N–H and O–H groups in total. The van der Waals surface area contributed by atoms with Crippen molar-refractivity contribution in [3.8, 4) is 0 Å². The van der Waals surface area contributed by atoms with E-state index >= 15 is 0 Å². The average molecular weight is 482 g/mol. The molecule has 3 aromatic carbocycles. The van der Waals surface area contributed by atoms with Gasteiger partial charge in [-0.05, 0) is 66.8 Å². The predicted molar refractivity (Wildman–Crippen MR) is 145 cm³/mol. The van der Waals surface area contributed by atoms with Crippen LogP contribution in [-0.2, 0) is 6.42 Å². The first-order chi connectivity index (χ1) is 17.6. The Morgan fingerprint density at radius 2 is 1.47 bits per heavy atom.